The van der Waals surface area contributed by atoms with Crippen molar-refractivity contribution in [2.75, 3.05) is 20.3 Å². The van der Waals surface area contributed by atoms with Crippen LogP contribution in [0.2, 0.25) is 0 Å². The predicted octanol–water partition coefficient (Wildman–Crippen LogP) is 5.39. The number of benzene rings is 2. The molecule has 0 amide bonds. The Kier molecular flexibility index (Phi) is 6.70. The Hall–Kier alpha value is -3.39. The van der Waals surface area contributed by atoms with Gasteiger partial charge in [-0.15, -0.1) is 10.2 Å². The zero-order valence-electron chi connectivity index (χ0n) is 18.7. The molecule has 2 aromatic heterocycles. The number of ether oxygens (including phenoxy) is 3. The van der Waals surface area contributed by atoms with Crippen LogP contribution in [0.15, 0.2) is 36.4 Å². The van der Waals surface area contributed by atoms with E-state index >= 15 is 0 Å². The lowest BCUT2D eigenvalue weighted by atomic mass is 10.1. The van der Waals surface area contributed by atoms with Gasteiger partial charge in [0.2, 0.25) is 4.96 Å². The molecule has 0 bridgehead atoms. The zero-order valence-corrected chi connectivity index (χ0v) is 19.5. The van der Waals surface area contributed by atoms with E-state index in [9.17, 15) is 0 Å². The number of aromatic nitrogens is 4. The molecule has 0 aliphatic carbocycles. The maximum Gasteiger partial charge on any atom is 0.235 e. The SMILES string of the molecule is CCOc1cc(OCC)c(CC)cc1/C=C/c1nn2c(-c3ccc(OC)cc3)nnc2s1. The van der Waals surface area contributed by atoms with Crippen LogP contribution in [0.5, 0.6) is 17.2 Å². The molecule has 32 heavy (non-hydrogen) atoms. The van der Waals surface area contributed by atoms with E-state index in [-0.39, 0.29) is 0 Å². The summed E-state index contributed by atoms with van der Waals surface area (Å²) in [6.07, 6.45) is 4.89. The summed E-state index contributed by atoms with van der Waals surface area (Å²) in [5, 5.41) is 14.1. The van der Waals surface area contributed by atoms with Crippen LogP contribution < -0.4 is 14.2 Å². The number of aryl methyl sites for hydroxylation is 1. The highest BCUT2D eigenvalue weighted by atomic mass is 32.1. The first-order valence-electron chi connectivity index (χ1n) is 10.6. The first-order chi connectivity index (χ1) is 15.7. The van der Waals surface area contributed by atoms with Crippen molar-refractivity contribution in [2.45, 2.75) is 27.2 Å². The summed E-state index contributed by atoms with van der Waals surface area (Å²) in [5.41, 5.74) is 3.07. The molecular formula is C24H26N4O3S. The lowest BCUT2D eigenvalue weighted by molar-refractivity contribution is 0.320. The van der Waals surface area contributed by atoms with Gasteiger partial charge in [-0.3, -0.25) is 0 Å². The average Bonchev–Trinajstić information content (AvgIpc) is 3.39. The van der Waals surface area contributed by atoms with Gasteiger partial charge in [-0.25, -0.2) is 0 Å². The van der Waals surface area contributed by atoms with Gasteiger partial charge in [0.05, 0.1) is 20.3 Å². The number of methoxy groups -OCH3 is 1. The molecule has 0 aliphatic rings. The van der Waals surface area contributed by atoms with Crippen LogP contribution in [0, 0.1) is 0 Å². The van der Waals surface area contributed by atoms with Crippen LogP contribution >= 0.6 is 11.3 Å². The second-order valence-corrected chi connectivity index (χ2v) is 7.93. The van der Waals surface area contributed by atoms with E-state index in [4.69, 9.17) is 19.3 Å². The normalized spacial score (nSPS) is 11.4. The Morgan fingerprint density at radius 3 is 2.38 bits per heavy atom. The molecule has 0 fully saturated rings. The van der Waals surface area contributed by atoms with E-state index in [1.54, 1.807) is 11.6 Å². The molecule has 0 spiro atoms. The van der Waals surface area contributed by atoms with Gasteiger partial charge in [-0.05, 0) is 68.3 Å². The molecule has 4 aromatic rings. The highest BCUT2D eigenvalue weighted by Gasteiger charge is 2.13. The summed E-state index contributed by atoms with van der Waals surface area (Å²) >= 11 is 1.48. The van der Waals surface area contributed by atoms with Crippen LogP contribution in [0.25, 0.3) is 28.5 Å². The van der Waals surface area contributed by atoms with Crippen molar-refractivity contribution in [3.63, 3.8) is 0 Å². The molecule has 2 heterocycles. The highest BCUT2D eigenvalue weighted by molar-refractivity contribution is 7.17. The molecule has 0 saturated heterocycles. The lowest BCUT2D eigenvalue weighted by Crippen LogP contribution is -2.00. The molecule has 7 nitrogen and oxygen atoms in total. The van der Waals surface area contributed by atoms with Crippen LogP contribution in [-0.4, -0.2) is 40.1 Å². The molecule has 0 radical (unpaired) electrons. The summed E-state index contributed by atoms with van der Waals surface area (Å²) in [6, 6.07) is 11.8. The monoisotopic (exact) mass is 450 g/mol. The smallest absolute Gasteiger partial charge is 0.235 e. The van der Waals surface area contributed by atoms with Crippen molar-refractivity contribution < 1.29 is 14.2 Å². The third-order valence-electron chi connectivity index (χ3n) is 4.93. The van der Waals surface area contributed by atoms with Crippen LogP contribution in [-0.2, 0) is 6.42 Å². The lowest BCUT2D eigenvalue weighted by Gasteiger charge is -2.14. The number of nitrogens with zero attached hydrogens (tertiary/aromatic N) is 4. The summed E-state index contributed by atoms with van der Waals surface area (Å²) in [6.45, 7) is 7.29. The summed E-state index contributed by atoms with van der Waals surface area (Å²) in [7, 11) is 1.65. The summed E-state index contributed by atoms with van der Waals surface area (Å²) in [4.78, 5) is 0.737. The van der Waals surface area contributed by atoms with Gasteiger partial charge in [0, 0.05) is 17.2 Å². The molecule has 0 saturated carbocycles. The molecule has 166 valence electrons. The van der Waals surface area contributed by atoms with E-state index in [0.717, 1.165) is 50.3 Å². The van der Waals surface area contributed by atoms with Crippen molar-refractivity contribution in [1.29, 1.82) is 0 Å². The van der Waals surface area contributed by atoms with E-state index in [2.05, 4.69) is 23.2 Å². The van der Waals surface area contributed by atoms with Gasteiger partial charge in [0.25, 0.3) is 0 Å². The number of hydrogen-bond acceptors (Lipinski definition) is 7. The second kappa shape index (κ2) is 9.82. The molecule has 8 heteroatoms. The Labute approximate surface area is 191 Å². The van der Waals surface area contributed by atoms with E-state index in [1.165, 1.54) is 11.3 Å². The van der Waals surface area contributed by atoms with Gasteiger partial charge in [-0.2, -0.15) is 9.61 Å². The highest BCUT2D eigenvalue weighted by Crippen LogP contribution is 2.32. The minimum atomic E-state index is 0.583. The minimum Gasteiger partial charge on any atom is -0.497 e. The molecular weight excluding hydrogens is 424 g/mol. The quantitative estimate of drug-likeness (QED) is 0.340. The fraction of sp³-hybridized carbons (Fsp3) is 0.292. The Bertz CT molecular complexity index is 1230. The molecule has 4 rings (SSSR count). The van der Waals surface area contributed by atoms with Crippen molar-refractivity contribution in [3.8, 4) is 28.6 Å². The van der Waals surface area contributed by atoms with Crippen molar-refractivity contribution in [1.82, 2.24) is 19.8 Å². The summed E-state index contributed by atoms with van der Waals surface area (Å²) in [5.74, 6) is 3.16. The molecule has 2 aromatic carbocycles. The van der Waals surface area contributed by atoms with E-state index in [0.29, 0.717) is 19.0 Å². The largest absolute Gasteiger partial charge is 0.497 e. The fourth-order valence-electron chi connectivity index (χ4n) is 3.38. The molecule has 0 N–H and O–H groups in total. The fourth-order valence-corrected chi connectivity index (χ4v) is 4.12. The molecule has 0 unspecified atom stereocenters. The first kappa shape index (κ1) is 21.8. The Morgan fingerprint density at radius 2 is 1.69 bits per heavy atom. The van der Waals surface area contributed by atoms with Crippen LogP contribution in [0.1, 0.15) is 36.9 Å². The number of fused-ring (bicyclic) bond motifs is 1. The van der Waals surface area contributed by atoms with E-state index in [1.807, 2.05) is 56.3 Å². The van der Waals surface area contributed by atoms with Crippen LogP contribution in [0.4, 0.5) is 0 Å². The van der Waals surface area contributed by atoms with Crippen molar-refractivity contribution in [2.24, 2.45) is 0 Å². The van der Waals surface area contributed by atoms with Gasteiger partial charge >= 0.3 is 0 Å². The van der Waals surface area contributed by atoms with E-state index < -0.39 is 0 Å². The third-order valence-corrected chi connectivity index (χ3v) is 5.80. The molecule has 0 aliphatic heterocycles. The van der Waals surface area contributed by atoms with Crippen LogP contribution in [0.3, 0.4) is 0 Å². The Morgan fingerprint density at radius 1 is 0.938 bits per heavy atom. The minimum absolute atomic E-state index is 0.583. The Balaban J connectivity index is 1.66. The van der Waals surface area contributed by atoms with Gasteiger partial charge in [0.1, 0.15) is 22.3 Å². The van der Waals surface area contributed by atoms with Gasteiger partial charge in [0.15, 0.2) is 5.82 Å². The predicted molar refractivity (Wildman–Crippen MR) is 128 cm³/mol. The standard InChI is InChI=1S/C24H26N4O3S/c1-5-16-14-18(21(31-7-3)15-20(16)30-6-2)10-13-22-27-28-23(25-26-24(28)32-22)17-8-11-19(29-4)12-9-17/h8-15H,5-7H2,1-4H3/b13-10+. The maximum atomic E-state index is 5.87. The first-order valence-corrected chi connectivity index (χ1v) is 11.5. The third kappa shape index (κ3) is 4.45. The second-order valence-electron chi connectivity index (χ2n) is 6.94. The summed E-state index contributed by atoms with van der Waals surface area (Å²) < 4.78 is 18.7. The zero-order chi connectivity index (χ0) is 22.5. The average molecular weight is 451 g/mol. The topological polar surface area (TPSA) is 70.8 Å². The molecule has 0 atom stereocenters. The van der Waals surface area contributed by atoms with Gasteiger partial charge in [-0.1, -0.05) is 18.3 Å². The maximum absolute atomic E-state index is 5.87. The van der Waals surface area contributed by atoms with Crippen molar-refractivity contribution in [3.05, 3.63) is 52.5 Å². The van der Waals surface area contributed by atoms with Gasteiger partial charge < -0.3 is 14.2 Å². The van der Waals surface area contributed by atoms with Crippen molar-refractivity contribution >= 4 is 28.4 Å². The number of hydrogen-bond donors (Lipinski definition) is 0. The number of rotatable bonds is 9.